The van der Waals surface area contributed by atoms with Crippen molar-refractivity contribution in [1.29, 1.82) is 0 Å². The number of sulfone groups is 1. The van der Waals surface area contributed by atoms with Crippen molar-refractivity contribution in [3.05, 3.63) is 52.0 Å². The summed E-state index contributed by atoms with van der Waals surface area (Å²) in [5.41, 5.74) is 1.62. The molecule has 1 aliphatic rings. The lowest BCUT2D eigenvalue weighted by molar-refractivity contribution is -0.120. The smallest absolute Gasteiger partial charge is 0.238 e. The highest BCUT2D eigenvalue weighted by Crippen LogP contribution is 2.18. The Morgan fingerprint density at radius 1 is 1.37 bits per heavy atom. The summed E-state index contributed by atoms with van der Waals surface area (Å²) in [6.07, 6.45) is 2.53. The molecular weight excluding hydrogens is 384 g/mol. The first-order chi connectivity index (χ1) is 12.9. The summed E-state index contributed by atoms with van der Waals surface area (Å²) in [6, 6.07) is 9.90. The van der Waals surface area contributed by atoms with E-state index in [1.165, 1.54) is 18.3 Å². The monoisotopic (exact) mass is 408 g/mol. The van der Waals surface area contributed by atoms with Crippen LogP contribution in [0.1, 0.15) is 36.0 Å². The standard InChI is InChI=1S/C19H24N2O4S2/c1-14(19(22)20-11-17-8-5-9-25-17)27(23,24)13-16-12-26-18(21-16)10-15-6-3-2-4-7-15/h2-4,6-7,12,14,17H,5,8-11,13H2,1H3,(H,20,22)/t14-,17-/m1/s1. The predicted molar refractivity (Wildman–Crippen MR) is 105 cm³/mol. The molecule has 0 spiro atoms. The number of aromatic nitrogens is 1. The van der Waals surface area contributed by atoms with Crippen molar-refractivity contribution in [3.63, 3.8) is 0 Å². The number of ether oxygens (including phenoxy) is 1. The van der Waals surface area contributed by atoms with E-state index in [1.54, 1.807) is 5.38 Å². The summed E-state index contributed by atoms with van der Waals surface area (Å²) in [7, 11) is -3.63. The van der Waals surface area contributed by atoms with Gasteiger partial charge in [0.15, 0.2) is 9.84 Å². The molecule has 8 heteroatoms. The Balaban J connectivity index is 1.56. The number of carbonyl (C=O) groups excluding carboxylic acids is 1. The summed E-state index contributed by atoms with van der Waals surface area (Å²) < 4.78 is 30.6. The summed E-state index contributed by atoms with van der Waals surface area (Å²) in [6.45, 7) is 2.48. The number of benzene rings is 1. The average Bonchev–Trinajstić information content (AvgIpc) is 3.31. The van der Waals surface area contributed by atoms with Gasteiger partial charge in [-0.1, -0.05) is 30.3 Å². The lowest BCUT2D eigenvalue weighted by atomic mass is 10.2. The SMILES string of the molecule is C[C@H](C(=O)NC[C@H]1CCCO1)S(=O)(=O)Cc1csc(Cc2ccccc2)n1. The first kappa shape index (κ1) is 20.0. The van der Waals surface area contributed by atoms with Crippen LogP contribution in [0.15, 0.2) is 35.7 Å². The van der Waals surface area contributed by atoms with Crippen molar-refractivity contribution < 1.29 is 17.9 Å². The Morgan fingerprint density at radius 2 is 2.15 bits per heavy atom. The van der Waals surface area contributed by atoms with Crippen molar-refractivity contribution in [1.82, 2.24) is 10.3 Å². The summed E-state index contributed by atoms with van der Waals surface area (Å²) in [5.74, 6) is -0.711. The first-order valence-electron chi connectivity index (χ1n) is 9.02. The second-order valence-electron chi connectivity index (χ2n) is 6.72. The largest absolute Gasteiger partial charge is 0.376 e. The van der Waals surface area contributed by atoms with Crippen molar-refractivity contribution in [2.75, 3.05) is 13.2 Å². The van der Waals surface area contributed by atoms with Crippen LogP contribution in [0.4, 0.5) is 0 Å². The van der Waals surface area contributed by atoms with Gasteiger partial charge in [-0.3, -0.25) is 4.79 Å². The molecule has 1 fully saturated rings. The molecule has 1 aromatic heterocycles. The van der Waals surface area contributed by atoms with Crippen LogP contribution in [-0.2, 0) is 31.5 Å². The van der Waals surface area contributed by atoms with E-state index in [-0.39, 0.29) is 11.9 Å². The Kier molecular flexibility index (Phi) is 6.62. The van der Waals surface area contributed by atoms with Crippen LogP contribution in [0.2, 0.25) is 0 Å². The fourth-order valence-corrected chi connectivity index (χ4v) is 5.08. The molecule has 1 aliphatic heterocycles. The van der Waals surface area contributed by atoms with Gasteiger partial charge < -0.3 is 10.1 Å². The fourth-order valence-electron chi connectivity index (χ4n) is 2.92. The Labute approximate surface area is 163 Å². The van der Waals surface area contributed by atoms with Gasteiger partial charge >= 0.3 is 0 Å². The minimum Gasteiger partial charge on any atom is -0.376 e. The van der Waals surface area contributed by atoms with E-state index < -0.39 is 21.0 Å². The Morgan fingerprint density at radius 3 is 2.85 bits per heavy atom. The predicted octanol–water partition coefficient (Wildman–Crippen LogP) is 2.33. The topological polar surface area (TPSA) is 85.4 Å². The van der Waals surface area contributed by atoms with E-state index in [0.29, 0.717) is 25.3 Å². The molecule has 27 heavy (non-hydrogen) atoms. The van der Waals surface area contributed by atoms with E-state index in [1.807, 2.05) is 30.3 Å². The zero-order valence-corrected chi connectivity index (χ0v) is 16.9. The van der Waals surface area contributed by atoms with E-state index in [4.69, 9.17) is 4.74 Å². The maximum atomic E-state index is 12.6. The molecule has 3 rings (SSSR count). The van der Waals surface area contributed by atoms with Crippen molar-refractivity contribution in [2.24, 2.45) is 0 Å². The third-order valence-corrected chi connectivity index (χ3v) is 7.47. The molecular formula is C19H24N2O4S2. The Hall–Kier alpha value is -1.77. The van der Waals surface area contributed by atoms with Crippen LogP contribution in [0, 0.1) is 0 Å². The first-order valence-corrected chi connectivity index (χ1v) is 11.6. The number of hydrogen-bond donors (Lipinski definition) is 1. The molecule has 1 aromatic carbocycles. The minimum atomic E-state index is -3.63. The zero-order chi connectivity index (χ0) is 19.3. The highest BCUT2D eigenvalue weighted by molar-refractivity contribution is 7.92. The van der Waals surface area contributed by atoms with Crippen molar-refractivity contribution in [3.8, 4) is 0 Å². The molecule has 2 atom stereocenters. The van der Waals surface area contributed by atoms with Gasteiger partial charge in [-0.2, -0.15) is 0 Å². The second-order valence-corrected chi connectivity index (χ2v) is 9.99. The lowest BCUT2D eigenvalue weighted by Gasteiger charge is -2.15. The van der Waals surface area contributed by atoms with E-state index >= 15 is 0 Å². The second kappa shape index (κ2) is 8.95. The third kappa shape index (κ3) is 5.60. The minimum absolute atomic E-state index is 0.0112. The number of hydrogen-bond acceptors (Lipinski definition) is 6. The van der Waals surface area contributed by atoms with Gasteiger partial charge in [-0.15, -0.1) is 11.3 Å². The number of carbonyl (C=O) groups is 1. The van der Waals surface area contributed by atoms with Crippen LogP contribution in [-0.4, -0.2) is 43.8 Å². The molecule has 6 nitrogen and oxygen atoms in total. The molecule has 146 valence electrons. The van der Waals surface area contributed by atoms with Crippen LogP contribution in [0.3, 0.4) is 0 Å². The van der Waals surface area contributed by atoms with E-state index in [9.17, 15) is 13.2 Å². The van der Waals surface area contributed by atoms with Gasteiger partial charge in [0, 0.05) is 25.0 Å². The maximum absolute atomic E-state index is 12.6. The molecule has 0 unspecified atom stereocenters. The number of amides is 1. The van der Waals surface area contributed by atoms with Crippen molar-refractivity contribution in [2.45, 2.75) is 43.3 Å². The molecule has 0 radical (unpaired) electrons. The molecule has 1 amide bonds. The van der Waals surface area contributed by atoms with Crippen molar-refractivity contribution >= 4 is 27.1 Å². The lowest BCUT2D eigenvalue weighted by Crippen LogP contribution is -2.41. The van der Waals surface area contributed by atoms with Gasteiger partial charge in [0.2, 0.25) is 5.91 Å². The molecule has 0 saturated carbocycles. The zero-order valence-electron chi connectivity index (χ0n) is 15.3. The molecule has 1 saturated heterocycles. The number of rotatable bonds is 8. The summed E-state index contributed by atoms with van der Waals surface area (Å²) >= 11 is 1.44. The maximum Gasteiger partial charge on any atom is 0.238 e. The molecule has 2 heterocycles. The summed E-state index contributed by atoms with van der Waals surface area (Å²) in [4.78, 5) is 16.6. The highest BCUT2D eigenvalue weighted by atomic mass is 32.2. The van der Waals surface area contributed by atoms with E-state index in [2.05, 4.69) is 10.3 Å². The van der Waals surface area contributed by atoms with Gasteiger partial charge in [0.1, 0.15) is 5.25 Å². The number of nitrogens with one attached hydrogen (secondary N) is 1. The van der Waals surface area contributed by atoms with Crippen LogP contribution in [0.25, 0.3) is 0 Å². The average molecular weight is 409 g/mol. The normalized spacial score (nSPS) is 18.3. The van der Waals surface area contributed by atoms with Crippen LogP contribution < -0.4 is 5.32 Å². The van der Waals surface area contributed by atoms with E-state index in [0.717, 1.165) is 23.4 Å². The molecule has 1 N–H and O–H groups in total. The van der Waals surface area contributed by atoms with Gasteiger partial charge in [-0.05, 0) is 25.3 Å². The van der Waals surface area contributed by atoms with Gasteiger partial charge in [0.05, 0.1) is 22.6 Å². The number of thiazole rings is 1. The number of nitrogens with zero attached hydrogens (tertiary/aromatic N) is 1. The molecule has 0 bridgehead atoms. The third-order valence-electron chi connectivity index (χ3n) is 4.58. The van der Waals surface area contributed by atoms with Crippen LogP contribution >= 0.6 is 11.3 Å². The summed E-state index contributed by atoms with van der Waals surface area (Å²) in [5, 5.41) is 4.20. The molecule has 2 aromatic rings. The highest BCUT2D eigenvalue weighted by Gasteiger charge is 2.29. The fraction of sp³-hybridized carbons (Fsp3) is 0.474. The Bertz CT molecular complexity index is 859. The van der Waals surface area contributed by atoms with Crippen LogP contribution in [0.5, 0.6) is 0 Å². The van der Waals surface area contributed by atoms with Gasteiger partial charge in [0.25, 0.3) is 0 Å². The molecule has 0 aliphatic carbocycles. The van der Waals surface area contributed by atoms with Gasteiger partial charge in [-0.25, -0.2) is 13.4 Å². The quantitative estimate of drug-likeness (QED) is 0.725.